The first-order valence-electron chi connectivity index (χ1n) is 0.785. The quantitative estimate of drug-likeness (QED) is 0.582. The SMILES string of the molecule is [F][Nd].[F][Y].[Li][F]. The molecule has 0 aromatic rings. The fourth-order valence-corrected chi connectivity index (χ4v) is 0. The van der Waals surface area contributed by atoms with E-state index in [0.29, 0.717) is 18.2 Å². The Morgan fingerprint density at radius 2 is 1.17 bits per heavy atom. The van der Waals surface area contributed by atoms with Crippen LogP contribution in [0.1, 0.15) is 0 Å². The molecule has 0 bridgehead atoms. The molecular weight excluding hydrogens is 297 g/mol. The Labute approximate surface area is 93.5 Å². The summed E-state index contributed by atoms with van der Waals surface area (Å²) in [5.74, 6) is 0. The third kappa shape index (κ3) is 28.9. The van der Waals surface area contributed by atoms with Crippen molar-refractivity contribution in [3.63, 3.8) is 0 Å². The van der Waals surface area contributed by atoms with Gasteiger partial charge in [-0.05, 0) is 0 Å². The molecule has 0 saturated carbocycles. The van der Waals surface area contributed by atoms with E-state index in [9.17, 15) is 6.32 Å². The van der Waals surface area contributed by atoms with Gasteiger partial charge in [-0.15, -0.1) is 0 Å². The molecule has 0 spiro atoms. The van der Waals surface area contributed by atoms with Crippen LogP contribution in [0.5, 0.6) is 0 Å². The molecule has 0 saturated heterocycles. The molecule has 0 amide bonds. The van der Waals surface area contributed by atoms with Crippen molar-refractivity contribution in [2.45, 2.75) is 0 Å². The van der Waals surface area contributed by atoms with Crippen LogP contribution in [0.2, 0.25) is 0 Å². The number of hydrogen-bond acceptors (Lipinski definition) is 0. The van der Waals surface area contributed by atoms with Crippen LogP contribution in [0, 0.1) is 39.6 Å². The van der Waals surface area contributed by atoms with Gasteiger partial charge in [0.2, 0.25) is 0 Å². The maximum atomic E-state index is 9.64. The van der Waals surface area contributed by atoms with Gasteiger partial charge in [-0.3, -0.25) is 0 Å². The van der Waals surface area contributed by atoms with Crippen molar-refractivity contribution in [1.82, 2.24) is 0 Å². The van der Waals surface area contributed by atoms with Crippen molar-refractivity contribution < 1.29 is 77.6 Å². The fourth-order valence-electron chi connectivity index (χ4n) is 0. The van der Waals surface area contributed by atoms with Gasteiger partial charge in [-0.25, -0.2) is 0 Å². The molecule has 0 aliphatic rings. The Balaban J connectivity index is -0.0000000225. The van der Waals surface area contributed by atoms with Crippen molar-refractivity contribution in [2.24, 2.45) is 0 Å². The normalized spacial score (nSPS) is 2.50. The first-order chi connectivity index (χ1) is 3.00. The van der Waals surface area contributed by atoms with E-state index in [0.717, 1.165) is 0 Å². The summed E-state index contributed by atoms with van der Waals surface area (Å²) < 4.78 is 28.8. The first kappa shape index (κ1) is 15.9. The van der Waals surface area contributed by atoms with Crippen LogP contribution in [0.25, 0.3) is 0 Å². The molecule has 0 nitrogen and oxygen atoms in total. The van der Waals surface area contributed by atoms with Crippen LogP contribution in [0.3, 0.4) is 0 Å². The van der Waals surface area contributed by atoms with Crippen LogP contribution < -0.4 is 0 Å². The second-order valence-electron chi connectivity index (χ2n) is 0. The van der Waals surface area contributed by atoms with E-state index in [1.54, 1.807) is 0 Å². The van der Waals surface area contributed by atoms with E-state index < -0.39 is 0 Å². The predicted octanol–water partition coefficient (Wildman–Crippen LogP) is 0.877. The molecular formula is F3LiNdY. The van der Waals surface area contributed by atoms with E-state index in [1.807, 2.05) is 0 Å². The van der Waals surface area contributed by atoms with E-state index in [2.05, 4.69) is 0 Å². The van der Waals surface area contributed by atoms with Crippen molar-refractivity contribution in [1.29, 1.82) is 0 Å². The Morgan fingerprint density at radius 3 is 1.17 bits per heavy atom. The van der Waals surface area contributed by atoms with Gasteiger partial charge in [-0.2, -0.15) is 0 Å². The second-order valence-corrected chi connectivity index (χ2v) is 0. The van der Waals surface area contributed by atoms with Gasteiger partial charge < -0.3 is 0 Å². The standard InChI is InChI=1S/3FH.Li.Nd.Y/h3*1H;;;/q;;;3*+1/p-3. The summed E-state index contributed by atoms with van der Waals surface area (Å²) in [4.78, 5) is 0. The Morgan fingerprint density at radius 1 is 1.17 bits per heavy atom. The molecule has 0 aromatic heterocycles. The third-order valence-corrected chi connectivity index (χ3v) is 0. The second kappa shape index (κ2) is 45.5. The predicted molar refractivity (Wildman–Crippen MR) is 9.08 cm³/mol. The van der Waals surface area contributed by atoms with Gasteiger partial charge in [0, 0.05) is 0 Å². The van der Waals surface area contributed by atoms with Crippen molar-refractivity contribution in [3.05, 3.63) is 0 Å². The van der Waals surface area contributed by atoms with Crippen LogP contribution in [0.15, 0.2) is 0 Å². The molecule has 0 unspecified atom stereocenters. The Kier molecular flexibility index (Phi) is 121. The zero-order valence-corrected chi connectivity index (χ0v) is 9.26. The molecule has 0 fully saturated rings. The number of rotatable bonds is 0. The first-order valence-corrected chi connectivity index (χ1v) is 3.07. The number of halogens is 3. The molecule has 29 valence electrons. The molecule has 6 heavy (non-hydrogen) atoms. The Hall–Kier alpha value is 2.84. The molecule has 6 heteroatoms. The van der Waals surface area contributed by atoms with Crippen molar-refractivity contribution in [3.8, 4) is 0 Å². The van der Waals surface area contributed by atoms with Gasteiger partial charge in [0.05, 0.1) is 0 Å². The molecule has 0 N–H and O–H groups in total. The van der Waals surface area contributed by atoms with E-state index in [-0.39, 0.29) is 71.3 Å². The summed E-state index contributed by atoms with van der Waals surface area (Å²) in [6, 6.07) is 0. The van der Waals surface area contributed by atoms with Gasteiger partial charge >= 0.3 is 95.8 Å². The summed E-state index contributed by atoms with van der Waals surface area (Å²) in [5, 5.41) is 0. The van der Waals surface area contributed by atoms with Crippen LogP contribution >= 0.6 is 0 Å². The molecule has 0 rings (SSSR count). The molecule has 0 aromatic carbocycles. The number of hydrogen-bond donors (Lipinski definition) is 0. The minimum atomic E-state index is -0.194. The van der Waals surface area contributed by atoms with Gasteiger partial charge in [-0.1, -0.05) is 0 Å². The molecule has 0 aliphatic carbocycles. The van der Waals surface area contributed by atoms with Crippen LogP contribution in [0.4, 0.5) is 6.32 Å². The monoisotopic (exact) mass is 295 g/mol. The summed E-state index contributed by atoms with van der Waals surface area (Å²) in [6.07, 6.45) is 0. The fraction of sp³-hybridized carbons (Fsp3) is 0. The summed E-state index contributed by atoms with van der Waals surface area (Å²) in [5.41, 5.74) is 0. The Bertz CT molecular complexity index is 10.8. The van der Waals surface area contributed by atoms with Gasteiger partial charge in [0.15, 0.2) is 0 Å². The molecule has 0 aliphatic heterocycles. The summed E-state index contributed by atoms with van der Waals surface area (Å²) in [7, 11) is 0. The average molecular weight is 297 g/mol. The van der Waals surface area contributed by atoms with Gasteiger partial charge in [0.1, 0.15) is 0 Å². The van der Waals surface area contributed by atoms with Gasteiger partial charge in [0.25, 0.3) is 0 Å². The van der Waals surface area contributed by atoms with Crippen LogP contribution in [-0.4, -0.2) is 18.2 Å². The van der Waals surface area contributed by atoms with Crippen LogP contribution in [-0.2, 0) is 31.7 Å². The zero-order chi connectivity index (χ0) is 6.00. The van der Waals surface area contributed by atoms with E-state index in [1.165, 1.54) is 0 Å². The molecule has 0 radical (unpaired) electrons. The van der Waals surface area contributed by atoms with E-state index >= 15 is 0 Å². The van der Waals surface area contributed by atoms with Crippen molar-refractivity contribution in [2.75, 3.05) is 0 Å². The summed E-state index contributed by atoms with van der Waals surface area (Å²) in [6.45, 7) is 0. The zero-order valence-electron chi connectivity index (χ0n) is 3.21. The average Bonchev–Trinajstić information content (AvgIpc) is 1.81. The van der Waals surface area contributed by atoms with E-state index in [4.69, 9.17) is 0 Å². The summed E-state index contributed by atoms with van der Waals surface area (Å²) >= 11 is 0.156. The minimum absolute atomic E-state index is 0.150. The molecule has 0 heterocycles. The maximum absolute atomic E-state index is 9.64. The third-order valence-electron chi connectivity index (χ3n) is 0. The molecule has 0 atom stereocenters. The topological polar surface area (TPSA) is 0 Å². The van der Waals surface area contributed by atoms with Crippen molar-refractivity contribution >= 4 is 18.2 Å².